The van der Waals surface area contributed by atoms with Gasteiger partial charge in [-0.2, -0.15) is 0 Å². The molecule has 0 heterocycles. The number of urea groups is 1. The van der Waals surface area contributed by atoms with E-state index in [-0.39, 0.29) is 23.2 Å². The van der Waals surface area contributed by atoms with E-state index >= 15 is 0 Å². The van der Waals surface area contributed by atoms with E-state index in [4.69, 9.17) is 11.6 Å². The largest absolute Gasteiger partial charge is 0.335 e. The van der Waals surface area contributed by atoms with Gasteiger partial charge in [0.05, 0.1) is 5.25 Å². The predicted octanol–water partition coefficient (Wildman–Crippen LogP) is 4.12. The van der Waals surface area contributed by atoms with E-state index in [0.717, 1.165) is 31.2 Å². The molecule has 126 valence electrons. The lowest BCUT2D eigenvalue weighted by Crippen LogP contribution is -2.47. The highest BCUT2D eigenvalue weighted by atomic mass is 35.5. The molecule has 3 amide bonds. The Labute approximate surface area is 146 Å². The van der Waals surface area contributed by atoms with Crippen molar-refractivity contribution in [1.29, 1.82) is 0 Å². The van der Waals surface area contributed by atoms with Gasteiger partial charge in [0, 0.05) is 16.8 Å². The summed E-state index contributed by atoms with van der Waals surface area (Å²) < 4.78 is 0. The van der Waals surface area contributed by atoms with Crippen LogP contribution in [0, 0.1) is 0 Å². The number of amides is 3. The fourth-order valence-electron chi connectivity index (χ4n) is 2.56. The Kier molecular flexibility index (Phi) is 7.24. The van der Waals surface area contributed by atoms with E-state index in [1.54, 1.807) is 0 Å². The molecular formula is C17H23ClN2O2S. The van der Waals surface area contributed by atoms with E-state index in [1.165, 1.54) is 18.2 Å². The second-order valence-electron chi connectivity index (χ2n) is 5.88. The maximum absolute atomic E-state index is 12.1. The first-order valence-corrected chi connectivity index (χ1v) is 9.44. The van der Waals surface area contributed by atoms with Crippen LogP contribution in [-0.4, -0.2) is 23.2 Å². The van der Waals surface area contributed by atoms with Gasteiger partial charge in [-0.25, -0.2) is 4.79 Å². The molecule has 6 heteroatoms. The highest BCUT2D eigenvalue weighted by Crippen LogP contribution is 2.20. The molecule has 2 rings (SSSR count). The van der Waals surface area contributed by atoms with Crippen LogP contribution in [0.3, 0.4) is 0 Å². The maximum atomic E-state index is 12.1. The topological polar surface area (TPSA) is 58.2 Å². The van der Waals surface area contributed by atoms with Gasteiger partial charge in [0.15, 0.2) is 0 Å². The van der Waals surface area contributed by atoms with Crippen LogP contribution in [0.1, 0.15) is 44.6 Å². The molecule has 0 radical (unpaired) electrons. The second-order valence-corrected chi connectivity index (χ2v) is 7.64. The molecule has 1 aromatic rings. The molecule has 0 saturated heterocycles. The third-order valence-electron chi connectivity index (χ3n) is 3.96. The summed E-state index contributed by atoms with van der Waals surface area (Å²) in [5, 5.41) is 5.74. The number of imide groups is 1. The summed E-state index contributed by atoms with van der Waals surface area (Å²) >= 11 is 7.34. The number of halogens is 1. The number of hydrogen-bond donors (Lipinski definition) is 2. The molecule has 1 aliphatic carbocycles. The standard InChI is InChI=1S/C17H23ClN2O2S/c1-12(23-11-13-7-9-14(18)10-8-13)16(21)20-17(22)19-15-5-3-2-4-6-15/h7-10,12,15H,2-6,11H2,1H3,(H2,19,20,21,22)/t12-/m1/s1. The van der Waals surface area contributed by atoms with Crippen LogP contribution in [-0.2, 0) is 10.5 Å². The van der Waals surface area contributed by atoms with Gasteiger partial charge in [0.1, 0.15) is 0 Å². The van der Waals surface area contributed by atoms with Crippen molar-refractivity contribution in [3.8, 4) is 0 Å². The van der Waals surface area contributed by atoms with Crippen molar-refractivity contribution in [1.82, 2.24) is 10.6 Å². The fraction of sp³-hybridized carbons (Fsp3) is 0.529. The lowest BCUT2D eigenvalue weighted by molar-refractivity contribution is -0.119. The number of rotatable bonds is 5. The molecule has 2 N–H and O–H groups in total. The molecule has 0 bridgehead atoms. The Morgan fingerprint density at radius 2 is 1.87 bits per heavy atom. The summed E-state index contributed by atoms with van der Waals surface area (Å²) in [4.78, 5) is 23.9. The lowest BCUT2D eigenvalue weighted by atomic mass is 9.96. The van der Waals surface area contributed by atoms with Gasteiger partial charge >= 0.3 is 6.03 Å². The van der Waals surface area contributed by atoms with Crippen molar-refractivity contribution in [3.05, 3.63) is 34.9 Å². The number of benzene rings is 1. The molecule has 0 spiro atoms. The van der Waals surface area contributed by atoms with Crippen molar-refractivity contribution in [2.75, 3.05) is 0 Å². The summed E-state index contributed by atoms with van der Waals surface area (Å²) in [5.41, 5.74) is 1.10. The zero-order valence-corrected chi connectivity index (χ0v) is 14.9. The minimum absolute atomic E-state index is 0.202. The molecule has 1 fully saturated rings. The van der Waals surface area contributed by atoms with Crippen molar-refractivity contribution in [3.63, 3.8) is 0 Å². The van der Waals surface area contributed by atoms with Gasteiger partial charge in [0.25, 0.3) is 0 Å². The Morgan fingerprint density at radius 3 is 2.52 bits per heavy atom. The van der Waals surface area contributed by atoms with Gasteiger partial charge in [-0.3, -0.25) is 10.1 Å². The third-order valence-corrected chi connectivity index (χ3v) is 5.43. The molecule has 1 atom stereocenters. The van der Waals surface area contributed by atoms with E-state index in [9.17, 15) is 9.59 Å². The number of carbonyl (C=O) groups is 2. The van der Waals surface area contributed by atoms with Crippen molar-refractivity contribution in [2.24, 2.45) is 0 Å². The van der Waals surface area contributed by atoms with E-state index in [1.807, 2.05) is 31.2 Å². The lowest BCUT2D eigenvalue weighted by Gasteiger charge is -2.23. The van der Waals surface area contributed by atoms with Crippen LogP contribution in [0.5, 0.6) is 0 Å². The van der Waals surface area contributed by atoms with E-state index in [2.05, 4.69) is 10.6 Å². The molecule has 4 nitrogen and oxygen atoms in total. The summed E-state index contributed by atoms with van der Waals surface area (Å²) in [6.45, 7) is 1.81. The molecule has 1 aliphatic rings. The molecule has 0 aliphatic heterocycles. The summed E-state index contributed by atoms with van der Waals surface area (Å²) in [6.07, 6.45) is 5.53. The van der Waals surface area contributed by atoms with Gasteiger partial charge in [-0.05, 0) is 37.5 Å². The Bertz CT molecular complexity index is 530. The minimum atomic E-state index is -0.374. The first-order chi connectivity index (χ1) is 11.0. The molecule has 1 aromatic carbocycles. The first-order valence-electron chi connectivity index (χ1n) is 8.02. The molecular weight excluding hydrogens is 332 g/mol. The second kappa shape index (κ2) is 9.18. The number of hydrogen-bond acceptors (Lipinski definition) is 3. The molecule has 23 heavy (non-hydrogen) atoms. The average Bonchev–Trinajstić information content (AvgIpc) is 2.54. The van der Waals surface area contributed by atoms with Gasteiger partial charge < -0.3 is 5.32 Å². The number of nitrogens with one attached hydrogen (secondary N) is 2. The maximum Gasteiger partial charge on any atom is 0.321 e. The SMILES string of the molecule is C[C@@H](SCc1ccc(Cl)cc1)C(=O)NC(=O)NC1CCCCC1. The Morgan fingerprint density at radius 1 is 1.22 bits per heavy atom. The summed E-state index contributed by atoms with van der Waals surface area (Å²) in [6, 6.07) is 7.37. The normalized spacial score (nSPS) is 16.6. The zero-order chi connectivity index (χ0) is 16.7. The van der Waals surface area contributed by atoms with Crippen molar-refractivity contribution < 1.29 is 9.59 Å². The summed E-state index contributed by atoms with van der Waals surface area (Å²) in [7, 11) is 0. The zero-order valence-electron chi connectivity index (χ0n) is 13.3. The van der Waals surface area contributed by atoms with Crippen LogP contribution in [0.15, 0.2) is 24.3 Å². The number of thioether (sulfide) groups is 1. The van der Waals surface area contributed by atoms with Crippen LogP contribution >= 0.6 is 23.4 Å². The van der Waals surface area contributed by atoms with Crippen LogP contribution in [0.4, 0.5) is 4.79 Å². The quantitative estimate of drug-likeness (QED) is 0.836. The highest BCUT2D eigenvalue weighted by molar-refractivity contribution is 7.99. The molecule has 0 aromatic heterocycles. The Hall–Kier alpha value is -1.20. The molecule has 1 saturated carbocycles. The highest BCUT2D eigenvalue weighted by Gasteiger charge is 2.19. The van der Waals surface area contributed by atoms with Crippen molar-refractivity contribution >= 4 is 35.3 Å². The average molecular weight is 355 g/mol. The molecule has 0 unspecified atom stereocenters. The predicted molar refractivity (Wildman–Crippen MR) is 95.8 cm³/mol. The number of carbonyl (C=O) groups excluding carboxylic acids is 2. The Balaban J connectivity index is 1.71. The monoisotopic (exact) mass is 354 g/mol. The fourth-order valence-corrected chi connectivity index (χ4v) is 3.53. The van der Waals surface area contributed by atoms with E-state index < -0.39 is 0 Å². The van der Waals surface area contributed by atoms with Gasteiger partial charge in [0.2, 0.25) is 5.91 Å². The summed E-state index contributed by atoms with van der Waals surface area (Å²) in [5.74, 6) is 0.452. The third kappa shape index (κ3) is 6.43. The first kappa shape index (κ1) is 18.1. The van der Waals surface area contributed by atoms with Gasteiger partial charge in [-0.15, -0.1) is 11.8 Å². The van der Waals surface area contributed by atoms with E-state index in [0.29, 0.717) is 10.8 Å². The van der Waals surface area contributed by atoms with Crippen LogP contribution in [0.25, 0.3) is 0 Å². The van der Waals surface area contributed by atoms with Crippen LogP contribution < -0.4 is 10.6 Å². The smallest absolute Gasteiger partial charge is 0.321 e. The minimum Gasteiger partial charge on any atom is -0.335 e. The van der Waals surface area contributed by atoms with Gasteiger partial charge in [-0.1, -0.05) is 43.0 Å². The van der Waals surface area contributed by atoms with Crippen molar-refractivity contribution in [2.45, 2.75) is 56.1 Å². The van der Waals surface area contributed by atoms with Crippen LogP contribution in [0.2, 0.25) is 5.02 Å².